The van der Waals surface area contributed by atoms with Crippen molar-refractivity contribution in [3.63, 3.8) is 0 Å². The molecule has 42 heavy (non-hydrogen) atoms. The lowest BCUT2D eigenvalue weighted by atomic mass is 9.52. The Bertz CT molecular complexity index is 1510. The number of alkyl halides is 6. The fourth-order valence-corrected chi connectivity index (χ4v) is 3.32. The quantitative estimate of drug-likeness (QED) is 0.289. The number of hydrogen-bond donors (Lipinski definition) is 2. The third kappa shape index (κ3) is 8.72. The third-order valence-corrected chi connectivity index (χ3v) is 4.80. The molecule has 0 unspecified atom stereocenters. The highest BCUT2D eigenvalue weighted by Crippen LogP contribution is 2.41. The van der Waals surface area contributed by atoms with Crippen LogP contribution in [0.1, 0.15) is 20.7 Å². The summed E-state index contributed by atoms with van der Waals surface area (Å²) in [5.74, 6) is -9.25. The molecule has 3 N–H and O–H groups in total. The fourth-order valence-electron chi connectivity index (χ4n) is 3.32. The van der Waals surface area contributed by atoms with Gasteiger partial charge in [0.15, 0.2) is 23.1 Å². The predicted octanol–water partition coefficient (Wildman–Crippen LogP) is 2.79. The van der Waals surface area contributed by atoms with Crippen molar-refractivity contribution in [1.29, 1.82) is 0 Å². The summed E-state index contributed by atoms with van der Waals surface area (Å²) >= 11 is 0. The molecule has 0 heterocycles. The zero-order valence-electron chi connectivity index (χ0n) is 21.7. The van der Waals surface area contributed by atoms with E-state index < -0.39 is 75.6 Å². The minimum Gasteiger partial charge on any atom is -0.510 e. The highest BCUT2D eigenvalue weighted by molar-refractivity contribution is 6.58. The van der Waals surface area contributed by atoms with E-state index in [1.54, 1.807) is 0 Å². The third-order valence-electron chi connectivity index (χ3n) is 4.80. The van der Waals surface area contributed by atoms with E-state index in [0.717, 1.165) is 42.5 Å². The molecular weight excluding hydrogens is 585 g/mol. The van der Waals surface area contributed by atoms with Crippen molar-refractivity contribution in [2.45, 2.75) is 18.0 Å². The minimum absolute atomic E-state index is 0.312. The maximum atomic E-state index is 15.3. The smallest absolute Gasteiger partial charge is 0.510 e. The highest BCUT2D eigenvalue weighted by Gasteiger charge is 2.35. The molecule has 0 aliphatic carbocycles. The molecule has 0 bridgehead atoms. The molecule has 0 aliphatic rings. The number of benzene rings is 3. The number of nitrogens with two attached hydrogens (primary N) is 1. The van der Waals surface area contributed by atoms with Gasteiger partial charge in [0.1, 0.15) is 46.4 Å². The first kappa shape index (κ1) is 32.0. The first-order valence-electron chi connectivity index (χ1n) is 11.5. The maximum Gasteiger partial charge on any atom is 0.573 e. The number of primary amides is 1. The Kier molecular flexibility index (Phi) is 8.93. The summed E-state index contributed by atoms with van der Waals surface area (Å²) < 4.78 is 125. The number of ether oxygens (including phenoxy) is 4. The average Bonchev–Trinajstić information content (AvgIpc) is 2.80. The molecule has 3 rings (SSSR count). The van der Waals surface area contributed by atoms with E-state index in [0.29, 0.717) is 6.07 Å². The van der Waals surface area contributed by atoms with E-state index >= 15 is 4.39 Å². The molecule has 0 aromatic heterocycles. The van der Waals surface area contributed by atoms with Gasteiger partial charge in [-0.2, -0.15) is 0 Å². The number of anilines is 1. The number of carbonyl (C=O) groups excluding carboxylic acids is 2. The van der Waals surface area contributed by atoms with Crippen molar-refractivity contribution in [2.75, 3.05) is 5.32 Å². The Labute approximate surface area is 234 Å². The zero-order chi connectivity index (χ0) is 31.6. The summed E-state index contributed by atoms with van der Waals surface area (Å²) in [4.78, 5) is 24.5. The first-order chi connectivity index (χ1) is 19.2. The topological polar surface area (TPSA) is 109 Å². The number of hydrogen-bond acceptors (Lipinski definition) is 6. The predicted molar refractivity (Wildman–Crippen MR) is 138 cm³/mol. The second kappa shape index (κ2) is 11.7. The van der Waals surface area contributed by atoms with Gasteiger partial charge in [-0.1, -0.05) is 0 Å². The van der Waals surface area contributed by atoms with Gasteiger partial charge in [-0.05, 0) is 42.5 Å². The van der Waals surface area contributed by atoms with Crippen molar-refractivity contribution in [3.05, 3.63) is 71.3 Å². The average molecular weight is 602 g/mol. The summed E-state index contributed by atoms with van der Waals surface area (Å²) in [6, 6.07) is 6.20. The van der Waals surface area contributed by atoms with Crippen LogP contribution in [0, 0.1) is 11.6 Å². The molecule has 0 radical (unpaired) electrons. The Hall–Kier alpha value is -4.57. The number of nitrogens with one attached hydrogen (secondary N) is 1. The maximum absolute atomic E-state index is 15.3. The van der Waals surface area contributed by atoms with Crippen LogP contribution in [0.3, 0.4) is 0 Å². The van der Waals surface area contributed by atoms with Gasteiger partial charge in [-0.3, -0.25) is 9.59 Å². The molecular formula is C23H17B3F8N2O6. The standard InChI is InChI=1S/C23H17B3F8N2O6/c24-21(25,26)41-16-8-10(40-22(29,30)31)2-4-13(16)39-14-5-6-15(42-23(32,33)34)18(28)17(14)20(38)36-9-1-3-12(27)11(7-9)19(35)37/h1-8H,24-26H2,(H2,35,37)(H,36,38). The second-order valence-electron chi connectivity index (χ2n) is 9.28. The molecule has 3 aromatic carbocycles. The van der Waals surface area contributed by atoms with Crippen LogP contribution >= 0.6 is 0 Å². The van der Waals surface area contributed by atoms with Crippen LogP contribution in [0.2, 0.25) is 0 Å². The zero-order valence-corrected chi connectivity index (χ0v) is 21.7. The molecule has 0 atom stereocenters. The minimum atomic E-state index is -5.37. The van der Waals surface area contributed by atoms with Crippen LogP contribution < -0.4 is 30.0 Å². The van der Waals surface area contributed by atoms with Gasteiger partial charge in [-0.25, -0.2) is 8.78 Å². The lowest BCUT2D eigenvalue weighted by Crippen LogP contribution is -2.37. The second-order valence-corrected chi connectivity index (χ2v) is 9.28. The van der Waals surface area contributed by atoms with Gasteiger partial charge in [0.25, 0.3) is 11.8 Å². The Morgan fingerprint density at radius 2 is 1.33 bits per heavy atom. The van der Waals surface area contributed by atoms with Crippen LogP contribution in [0.25, 0.3) is 0 Å². The van der Waals surface area contributed by atoms with Crippen LogP contribution in [0.4, 0.5) is 40.8 Å². The largest absolute Gasteiger partial charge is 0.573 e. The van der Waals surface area contributed by atoms with Crippen molar-refractivity contribution < 1.29 is 63.7 Å². The SMILES string of the molecule is BC(B)(B)Oc1cc(OC(F)(F)F)ccc1Oc1ccc(OC(F)(F)F)c(F)c1C(=O)Nc1ccc(F)c(C(N)=O)c1. The van der Waals surface area contributed by atoms with Crippen LogP contribution in [0.5, 0.6) is 28.7 Å². The van der Waals surface area contributed by atoms with Crippen molar-refractivity contribution in [1.82, 2.24) is 0 Å². The monoisotopic (exact) mass is 602 g/mol. The normalized spacial score (nSPS) is 11.9. The molecule has 0 spiro atoms. The van der Waals surface area contributed by atoms with Crippen LogP contribution in [-0.2, 0) is 0 Å². The highest BCUT2D eigenvalue weighted by atomic mass is 19.4. The van der Waals surface area contributed by atoms with Crippen LogP contribution in [0.15, 0.2) is 48.5 Å². The van der Waals surface area contributed by atoms with Crippen molar-refractivity contribution >= 4 is 41.0 Å². The van der Waals surface area contributed by atoms with Gasteiger partial charge in [-0.15, -0.1) is 26.3 Å². The molecule has 19 heteroatoms. The summed E-state index contributed by atoms with van der Waals surface area (Å²) in [5, 5.41) is 1.04. The Balaban J connectivity index is 2.11. The number of amides is 2. The number of carbonyl (C=O) groups is 2. The van der Waals surface area contributed by atoms with Gasteiger partial charge in [0.05, 0.1) is 5.56 Å². The molecule has 3 aromatic rings. The molecule has 2 amide bonds. The number of rotatable bonds is 9. The molecule has 0 aliphatic heterocycles. The molecule has 0 saturated carbocycles. The Morgan fingerprint density at radius 1 is 0.738 bits per heavy atom. The van der Waals surface area contributed by atoms with Crippen molar-refractivity contribution in [3.8, 4) is 28.7 Å². The van der Waals surface area contributed by atoms with E-state index in [-0.39, 0.29) is 11.4 Å². The molecule has 0 fully saturated rings. The first-order valence-corrected chi connectivity index (χ1v) is 11.5. The van der Waals surface area contributed by atoms with E-state index in [2.05, 4.69) is 14.8 Å². The summed E-state index contributed by atoms with van der Waals surface area (Å²) in [6.45, 7) is 0. The summed E-state index contributed by atoms with van der Waals surface area (Å²) in [6.07, 6.45) is -10.4. The van der Waals surface area contributed by atoms with E-state index in [1.165, 1.54) is 23.5 Å². The summed E-state index contributed by atoms with van der Waals surface area (Å²) in [7, 11) is 4.58. The van der Waals surface area contributed by atoms with E-state index in [9.17, 15) is 40.3 Å². The van der Waals surface area contributed by atoms with Crippen LogP contribution in [-0.4, -0.2) is 53.4 Å². The van der Waals surface area contributed by atoms with Gasteiger partial charge >= 0.3 is 12.7 Å². The fraction of sp³-hybridized carbons (Fsp3) is 0.130. The summed E-state index contributed by atoms with van der Waals surface area (Å²) in [5.41, 5.74) is 2.92. The van der Waals surface area contributed by atoms with Gasteiger partial charge in [0.2, 0.25) is 0 Å². The number of halogens is 8. The lowest BCUT2D eigenvalue weighted by molar-refractivity contribution is -0.276. The van der Waals surface area contributed by atoms with Crippen molar-refractivity contribution in [2.24, 2.45) is 5.73 Å². The molecule has 220 valence electrons. The van der Waals surface area contributed by atoms with Gasteiger partial charge in [0, 0.05) is 17.1 Å². The van der Waals surface area contributed by atoms with Gasteiger partial charge < -0.3 is 30.0 Å². The lowest BCUT2D eigenvalue weighted by Gasteiger charge is -2.24. The molecule has 0 saturated heterocycles. The Morgan fingerprint density at radius 3 is 1.90 bits per heavy atom. The van der Waals surface area contributed by atoms with E-state index in [4.69, 9.17) is 15.2 Å². The van der Waals surface area contributed by atoms with E-state index in [1.807, 2.05) is 0 Å². The molecule has 8 nitrogen and oxygen atoms in total.